The molecular formula is C20H17N3O3. The van der Waals surface area contributed by atoms with Crippen molar-refractivity contribution in [2.75, 3.05) is 18.7 Å². The van der Waals surface area contributed by atoms with Crippen LogP contribution in [0.1, 0.15) is 12.5 Å². The van der Waals surface area contributed by atoms with Crippen LogP contribution in [-0.2, 0) is 4.79 Å². The van der Waals surface area contributed by atoms with Gasteiger partial charge in [-0.3, -0.25) is 4.79 Å². The number of benzene rings is 2. The van der Waals surface area contributed by atoms with Gasteiger partial charge in [0.2, 0.25) is 0 Å². The van der Waals surface area contributed by atoms with E-state index in [1.807, 2.05) is 36.4 Å². The van der Waals surface area contributed by atoms with Crippen LogP contribution in [0, 0.1) is 11.3 Å². The van der Waals surface area contributed by atoms with E-state index in [4.69, 9.17) is 14.7 Å². The second-order valence-corrected chi connectivity index (χ2v) is 5.52. The average molecular weight is 347 g/mol. The van der Waals surface area contributed by atoms with Crippen molar-refractivity contribution in [1.82, 2.24) is 0 Å². The Morgan fingerprint density at radius 2 is 1.96 bits per heavy atom. The highest BCUT2D eigenvalue weighted by Crippen LogP contribution is 2.34. The van der Waals surface area contributed by atoms with Crippen molar-refractivity contribution in [3.05, 3.63) is 59.7 Å². The fourth-order valence-electron chi connectivity index (χ4n) is 2.65. The SMILES string of the molecule is COc1cccc(/C=C2/C(=O)N(c3ccccc3)N=C2C)c1OCC#N. The molecule has 1 amide bonds. The lowest BCUT2D eigenvalue weighted by molar-refractivity contribution is -0.114. The summed E-state index contributed by atoms with van der Waals surface area (Å²) < 4.78 is 10.8. The molecule has 2 aromatic rings. The number of hydrazone groups is 1. The van der Waals surface area contributed by atoms with Crippen LogP contribution in [0.15, 0.2) is 59.2 Å². The fourth-order valence-corrected chi connectivity index (χ4v) is 2.65. The molecule has 1 heterocycles. The van der Waals surface area contributed by atoms with Gasteiger partial charge >= 0.3 is 0 Å². The van der Waals surface area contributed by atoms with Crippen molar-refractivity contribution in [1.29, 1.82) is 5.26 Å². The number of nitriles is 1. The zero-order chi connectivity index (χ0) is 18.5. The van der Waals surface area contributed by atoms with Crippen molar-refractivity contribution in [2.24, 2.45) is 5.10 Å². The first-order valence-corrected chi connectivity index (χ1v) is 7.99. The van der Waals surface area contributed by atoms with E-state index in [1.165, 1.54) is 12.1 Å². The smallest absolute Gasteiger partial charge is 0.280 e. The predicted molar refractivity (Wildman–Crippen MR) is 99.1 cm³/mol. The minimum Gasteiger partial charge on any atom is -0.493 e. The average Bonchev–Trinajstić information content (AvgIpc) is 2.95. The van der Waals surface area contributed by atoms with Crippen molar-refractivity contribution in [3.8, 4) is 17.6 Å². The van der Waals surface area contributed by atoms with Crippen molar-refractivity contribution < 1.29 is 14.3 Å². The predicted octanol–water partition coefficient (Wildman–Crippen LogP) is 3.40. The Labute approximate surface area is 151 Å². The Balaban J connectivity index is 2.00. The lowest BCUT2D eigenvalue weighted by atomic mass is 10.1. The highest BCUT2D eigenvalue weighted by Gasteiger charge is 2.29. The number of carbonyl (C=O) groups is 1. The molecule has 0 radical (unpaired) electrons. The molecule has 6 heteroatoms. The van der Waals surface area contributed by atoms with Crippen LogP contribution < -0.4 is 14.5 Å². The molecule has 26 heavy (non-hydrogen) atoms. The van der Waals surface area contributed by atoms with Gasteiger partial charge in [0, 0.05) is 5.56 Å². The van der Waals surface area contributed by atoms with Crippen LogP contribution >= 0.6 is 0 Å². The Morgan fingerprint density at radius 1 is 1.19 bits per heavy atom. The topological polar surface area (TPSA) is 74.9 Å². The van der Waals surface area contributed by atoms with Crippen LogP contribution in [0.5, 0.6) is 11.5 Å². The summed E-state index contributed by atoms with van der Waals surface area (Å²) in [5, 5.41) is 14.5. The second kappa shape index (κ2) is 7.53. The third-order valence-corrected chi connectivity index (χ3v) is 3.87. The summed E-state index contributed by atoms with van der Waals surface area (Å²) in [4.78, 5) is 12.8. The number of hydrogen-bond acceptors (Lipinski definition) is 5. The van der Waals surface area contributed by atoms with Crippen LogP contribution in [0.25, 0.3) is 6.08 Å². The molecule has 0 aromatic heterocycles. The second-order valence-electron chi connectivity index (χ2n) is 5.52. The molecule has 0 spiro atoms. The van der Waals surface area contributed by atoms with Crippen molar-refractivity contribution in [2.45, 2.75) is 6.92 Å². The normalized spacial score (nSPS) is 15.0. The van der Waals surface area contributed by atoms with Gasteiger partial charge in [-0.1, -0.05) is 30.3 Å². The van der Waals surface area contributed by atoms with Crippen molar-refractivity contribution >= 4 is 23.4 Å². The molecule has 2 aromatic carbocycles. The number of methoxy groups -OCH3 is 1. The lowest BCUT2D eigenvalue weighted by Gasteiger charge is -2.12. The van der Waals surface area contributed by atoms with E-state index < -0.39 is 0 Å². The lowest BCUT2D eigenvalue weighted by Crippen LogP contribution is -2.21. The molecule has 6 nitrogen and oxygen atoms in total. The van der Waals surface area contributed by atoms with E-state index in [0.29, 0.717) is 34.0 Å². The highest BCUT2D eigenvalue weighted by atomic mass is 16.5. The molecule has 130 valence electrons. The number of anilines is 1. The number of rotatable bonds is 5. The maximum Gasteiger partial charge on any atom is 0.280 e. The Kier molecular flexibility index (Phi) is 4.99. The number of para-hydroxylation sites is 2. The monoisotopic (exact) mass is 347 g/mol. The van der Waals surface area contributed by atoms with Crippen LogP contribution in [-0.4, -0.2) is 25.3 Å². The highest BCUT2D eigenvalue weighted by molar-refractivity contribution is 6.32. The van der Waals surface area contributed by atoms with Gasteiger partial charge in [0.05, 0.1) is 24.1 Å². The Morgan fingerprint density at radius 3 is 2.65 bits per heavy atom. The summed E-state index contributed by atoms with van der Waals surface area (Å²) in [5.41, 5.74) is 2.41. The van der Waals surface area contributed by atoms with Gasteiger partial charge in [-0.05, 0) is 31.2 Å². The Bertz CT molecular complexity index is 927. The molecule has 0 atom stereocenters. The van der Waals surface area contributed by atoms with Crippen molar-refractivity contribution in [3.63, 3.8) is 0 Å². The standard InChI is InChI=1S/C20H17N3O3/c1-14-17(20(24)23(22-14)16-8-4-3-5-9-16)13-15-7-6-10-18(25-2)19(15)26-12-11-21/h3-10,13H,12H2,1-2H3/b17-13+. The molecular weight excluding hydrogens is 330 g/mol. The molecule has 0 bridgehead atoms. The first kappa shape index (κ1) is 17.2. The molecule has 0 N–H and O–H groups in total. The van der Waals surface area contributed by atoms with E-state index in [2.05, 4.69) is 5.10 Å². The maximum absolute atomic E-state index is 12.8. The van der Waals surface area contributed by atoms with E-state index in [1.54, 1.807) is 31.2 Å². The van der Waals surface area contributed by atoms with Crippen LogP contribution in [0.4, 0.5) is 5.69 Å². The van der Waals surface area contributed by atoms with Crippen LogP contribution in [0.3, 0.4) is 0 Å². The summed E-state index contributed by atoms with van der Waals surface area (Å²) in [5.74, 6) is 0.695. The number of nitrogens with zero attached hydrogens (tertiary/aromatic N) is 3. The quantitative estimate of drug-likeness (QED) is 0.777. The molecule has 0 unspecified atom stereocenters. The van der Waals surface area contributed by atoms with E-state index in [0.717, 1.165) is 0 Å². The fraction of sp³-hybridized carbons (Fsp3) is 0.150. The Hall–Kier alpha value is -3.59. The third kappa shape index (κ3) is 3.28. The van der Waals surface area contributed by atoms with Gasteiger partial charge < -0.3 is 9.47 Å². The number of carbonyl (C=O) groups excluding carboxylic acids is 1. The molecule has 3 rings (SSSR count). The van der Waals surface area contributed by atoms with Gasteiger partial charge in [-0.2, -0.15) is 15.4 Å². The number of hydrogen-bond donors (Lipinski definition) is 0. The minimum atomic E-state index is -0.220. The first-order valence-electron chi connectivity index (χ1n) is 7.99. The molecule has 1 aliphatic heterocycles. The largest absolute Gasteiger partial charge is 0.493 e. The summed E-state index contributed by atoms with van der Waals surface area (Å²) >= 11 is 0. The zero-order valence-electron chi connectivity index (χ0n) is 14.5. The van der Waals surface area contributed by atoms with Crippen LogP contribution in [0.2, 0.25) is 0 Å². The maximum atomic E-state index is 12.8. The van der Waals surface area contributed by atoms with E-state index in [9.17, 15) is 4.79 Å². The molecule has 0 aliphatic carbocycles. The molecule has 0 fully saturated rings. The van der Waals surface area contributed by atoms with E-state index >= 15 is 0 Å². The number of amides is 1. The molecule has 0 saturated carbocycles. The van der Waals surface area contributed by atoms with Gasteiger partial charge in [0.25, 0.3) is 5.91 Å². The third-order valence-electron chi connectivity index (χ3n) is 3.87. The summed E-state index contributed by atoms with van der Waals surface area (Å²) in [6, 6.07) is 16.5. The minimum absolute atomic E-state index is 0.117. The van der Waals surface area contributed by atoms with Gasteiger partial charge in [0.1, 0.15) is 6.07 Å². The summed E-state index contributed by atoms with van der Waals surface area (Å²) in [6.07, 6.45) is 1.71. The van der Waals surface area contributed by atoms with Gasteiger partial charge in [-0.25, -0.2) is 0 Å². The molecule has 0 saturated heterocycles. The number of ether oxygens (including phenoxy) is 2. The summed E-state index contributed by atoms with van der Waals surface area (Å²) in [6.45, 7) is 1.66. The zero-order valence-corrected chi connectivity index (χ0v) is 14.5. The van der Waals surface area contributed by atoms with Gasteiger partial charge in [-0.15, -0.1) is 0 Å². The van der Waals surface area contributed by atoms with E-state index in [-0.39, 0.29) is 12.5 Å². The summed E-state index contributed by atoms with van der Waals surface area (Å²) in [7, 11) is 1.52. The first-order chi connectivity index (χ1) is 12.7. The van der Waals surface area contributed by atoms with Gasteiger partial charge in [0.15, 0.2) is 18.1 Å². The molecule has 1 aliphatic rings.